The van der Waals surface area contributed by atoms with Crippen LogP contribution in [-0.4, -0.2) is 19.7 Å². The Morgan fingerprint density at radius 1 is 1.33 bits per heavy atom. The molecule has 1 atom stereocenters. The molecule has 102 valence electrons. The number of benzene rings is 1. The van der Waals surface area contributed by atoms with Crippen LogP contribution in [0.4, 0.5) is 4.39 Å². The topological polar surface area (TPSA) is 21.3 Å². The summed E-state index contributed by atoms with van der Waals surface area (Å²) in [6.07, 6.45) is 1.01. The molecular formula is C15H24FNO. The van der Waals surface area contributed by atoms with E-state index >= 15 is 0 Å². The van der Waals surface area contributed by atoms with Crippen LogP contribution in [0.5, 0.6) is 0 Å². The third-order valence-electron chi connectivity index (χ3n) is 2.61. The minimum Gasteiger partial charge on any atom is -0.372 e. The van der Waals surface area contributed by atoms with Gasteiger partial charge in [0.1, 0.15) is 5.82 Å². The highest BCUT2D eigenvalue weighted by Crippen LogP contribution is 2.18. The summed E-state index contributed by atoms with van der Waals surface area (Å²) in [6.45, 7) is 8.72. The van der Waals surface area contributed by atoms with Gasteiger partial charge in [-0.2, -0.15) is 0 Å². The molecule has 18 heavy (non-hydrogen) atoms. The molecule has 1 aromatic rings. The van der Waals surface area contributed by atoms with E-state index in [4.69, 9.17) is 4.74 Å². The van der Waals surface area contributed by atoms with Gasteiger partial charge < -0.3 is 10.1 Å². The summed E-state index contributed by atoms with van der Waals surface area (Å²) in [7, 11) is 0. The van der Waals surface area contributed by atoms with E-state index in [2.05, 4.69) is 26.1 Å². The summed E-state index contributed by atoms with van der Waals surface area (Å²) >= 11 is 0. The van der Waals surface area contributed by atoms with Crippen LogP contribution in [0, 0.1) is 11.7 Å². The lowest BCUT2D eigenvalue weighted by molar-refractivity contribution is 0.0351. The van der Waals surface area contributed by atoms with Gasteiger partial charge in [0, 0.05) is 13.2 Å². The van der Waals surface area contributed by atoms with E-state index in [1.807, 2.05) is 6.07 Å². The minimum absolute atomic E-state index is 0.0744. The van der Waals surface area contributed by atoms with Crippen LogP contribution in [0.2, 0.25) is 0 Å². The predicted molar refractivity (Wildman–Crippen MR) is 73.1 cm³/mol. The van der Waals surface area contributed by atoms with Crippen LogP contribution in [0.1, 0.15) is 38.9 Å². The lowest BCUT2D eigenvalue weighted by Gasteiger charge is -2.20. The van der Waals surface area contributed by atoms with Crippen LogP contribution in [0.15, 0.2) is 24.3 Å². The Morgan fingerprint density at radius 2 is 2.11 bits per heavy atom. The fraction of sp³-hybridized carbons (Fsp3) is 0.600. The van der Waals surface area contributed by atoms with Crippen molar-refractivity contribution in [2.24, 2.45) is 5.92 Å². The molecule has 0 heterocycles. The van der Waals surface area contributed by atoms with E-state index in [1.54, 1.807) is 12.1 Å². The summed E-state index contributed by atoms with van der Waals surface area (Å²) in [5, 5.41) is 3.33. The summed E-state index contributed by atoms with van der Waals surface area (Å²) in [5.41, 5.74) is 0.902. The van der Waals surface area contributed by atoms with Crippen LogP contribution in [0.3, 0.4) is 0 Å². The van der Waals surface area contributed by atoms with Gasteiger partial charge in [0.15, 0.2) is 0 Å². The van der Waals surface area contributed by atoms with Crippen molar-refractivity contribution in [2.45, 2.75) is 33.3 Å². The summed E-state index contributed by atoms with van der Waals surface area (Å²) in [4.78, 5) is 0. The normalized spacial score (nSPS) is 12.9. The third kappa shape index (κ3) is 5.61. The first-order chi connectivity index (χ1) is 8.63. The first-order valence-corrected chi connectivity index (χ1v) is 6.71. The number of hydrogen-bond donors (Lipinski definition) is 1. The lowest BCUT2D eigenvalue weighted by Crippen LogP contribution is -2.25. The van der Waals surface area contributed by atoms with Gasteiger partial charge in [-0.3, -0.25) is 0 Å². The monoisotopic (exact) mass is 253 g/mol. The van der Waals surface area contributed by atoms with E-state index in [9.17, 15) is 4.39 Å². The molecule has 0 spiro atoms. The SMILES string of the molecule is CCCNCC(OCC(C)C)c1cccc(F)c1. The van der Waals surface area contributed by atoms with Gasteiger partial charge in [-0.15, -0.1) is 0 Å². The fourth-order valence-corrected chi connectivity index (χ4v) is 1.70. The molecule has 3 heteroatoms. The molecule has 0 saturated heterocycles. The Bertz CT molecular complexity index is 341. The third-order valence-corrected chi connectivity index (χ3v) is 2.61. The van der Waals surface area contributed by atoms with Crippen LogP contribution >= 0.6 is 0 Å². The Balaban J connectivity index is 2.63. The number of nitrogens with one attached hydrogen (secondary N) is 1. The number of ether oxygens (including phenoxy) is 1. The van der Waals surface area contributed by atoms with E-state index in [1.165, 1.54) is 6.07 Å². The van der Waals surface area contributed by atoms with Gasteiger partial charge in [0.05, 0.1) is 6.10 Å². The second-order valence-electron chi connectivity index (χ2n) is 4.97. The second-order valence-corrected chi connectivity index (χ2v) is 4.97. The molecule has 0 radical (unpaired) electrons. The minimum atomic E-state index is -0.207. The molecule has 1 N–H and O–H groups in total. The maximum absolute atomic E-state index is 13.2. The molecule has 0 aliphatic carbocycles. The molecule has 0 amide bonds. The van der Waals surface area contributed by atoms with E-state index in [-0.39, 0.29) is 11.9 Å². The Kier molecular flexibility index (Phi) is 6.91. The molecule has 2 nitrogen and oxygen atoms in total. The average Bonchev–Trinajstić information content (AvgIpc) is 2.33. The fourth-order valence-electron chi connectivity index (χ4n) is 1.70. The Hall–Kier alpha value is -0.930. The first kappa shape index (κ1) is 15.1. The summed E-state index contributed by atoms with van der Waals surface area (Å²) < 4.78 is 19.1. The number of rotatable bonds is 8. The van der Waals surface area contributed by atoms with Gasteiger partial charge in [-0.25, -0.2) is 4.39 Å². The van der Waals surface area contributed by atoms with Crippen molar-refractivity contribution < 1.29 is 9.13 Å². The molecule has 0 aliphatic heterocycles. The molecule has 0 aromatic heterocycles. The van der Waals surface area contributed by atoms with Crippen LogP contribution < -0.4 is 5.32 Å². The quantitative estimate of drug-likeness (QED) is 0.715. The highest BCUT2D eigenvalue weighted by Gasteiger charge is 2.13. The zero-order valence-corrected chi connectivity index (χ0v) is 11.6. The van der Waals surface area contributed by atoms with Gasteiger partial charge in [0.2, 0.25) is 0 Å². The lowest BCUT2D eigenvalue weighted by atomic mass is 10.1. The van der Waals surface area contributed by atoms with Gasteiger partial charge in [-0.1, -0.05) is 32.9 Å². The molecular weight excluding hydrogens is 229 g/mol. The van der Waals surface area contributed by atoms with Crippen molar-refractivity contribution >= 4 is 0 Å². The highest BCUT2D eigenvalue weighted by molar-refractivity contribution is 5.19. The largest absolute Gasteiger partial charge is 0.372 e. The number of halogens is 1. The van der Waals surface area contributed by atoms with Crippen molar-refractivity contribution in [3.63, 3.8) is 0 Å². The highest BCUT2D eigenvalue weighted by atomic mass is 19.1. The van der Waals surface area contributed by atoms with Gasteiger partial charge >= 0.3 is 0 Å². The van der Waals surface area contributed by atoms with Gasteiger partial charge in [0.25, 0.3) is 0 Å². The molecule has 1 unspecified atom stereocenters. The zero-order valence-electron chi connectivity index (χ0n) is 11.6. The van der Waals surface area contributed by atoms with E-state index < -0.39 is 0 Å². The molecule has 0 fully saturated rings. The van der Waals surface area contributed by atoms with Gasteiger partial charge in [-0.05, 0) is 36.6 Å². The van der Waals surface area contributed by atoms with Crippen LogP contribution in [0.25, 0.3) is 0 Å². The molecule has 1 aromatic carbocycles. The van der Waals surface area contributed by atoms with E-state index in [0.29, 0.717) is 12.5 Å². The molecule has 0 bridgehead atoms. The molecule has 0 aliphatic rings. The van der Waals surface area contributed by atoms with Crippen molar-refractivity contribution in [1.29, 1.82) is 0 Å². The summed E-state index contributed by atoms with van der Waals surface area (Å²) in [5.74, 6) is 0.272. The smallest absolute Gasteiger partial charge is 0.123 e. The predicted octanol–water partition coefficient (Wildman–Crippen LogP) is 3.54. The zero-order chi connectivity index (χ0) is 13.4. The average molecular weight is 253 g/mol. The maximum atomic E-state index is 13.2. The summed E-state index contributed by atoms with van der Waals surface area (Å²) in [6, 6.07) is 6.67. The molecule has 1 rings (SSSR count). The van der Waals surface area contributed by atoms with Crippen molar-refractivity contribution in [1.82, 2.24) is 5.32 Å². The van der Waals surface area contributed by atoms with Crippen molar-refractivity contribution in [3.8, 4) is 0 Å². The molecule has 0 saturated carbocycles. The maximum Gasteiger partial charge on any atom is 0.123 e. The number of hydrogen-bond acceptors (Lipinski definition) is 2. The second kappa shape index (κ2) is 8.22. The standard InChI is InChI=1S/C15H24FNO/c1-4-8-17-10-15(18-11-12(2)3)13-6-5-7-14(16)9-13/h5-7,9,12,15,17H,4,8,10-11H2,1-3H3. The van der Waals surface area contributed by atoms with Crippen LogP contribution in [-0.2, 0) is 4.74 Å². The van der Waals surface area contributed by atoms with E-state index in [0.717, 1.165) is 25.1 Å². The Labute approximate surface area is 110 Å². The Morgan fingerprint density at radius 3 is 2.72 bits per heavy atom. The van der Waals surface area contributed by atoms with Crippen molar-refractivity contribution in [2.75, 3.05) is 19.7 Å². The van der Waals surface area contributed by atoms with Crippen molar-refractivity contribution in [3.05, 3.63) is 35.6 Å². The first-order valence-electron chi connectivity index (χ1n) is 6.71.